The normalized spacial score (nSPS) is 17.3. The van der Waals surface area contributed by atoms with Crippen LogP contribution in [0.4, 0.5) is 0 Å². The molecule has 2 aromatic rings. The fraction of sp³-hybridized carbons (Fsp3) is 0.474. The lowest BCUT2D eigenvalue weighted by atomic mass is 10.00. The van der Waals surface area contributed by atoms with Crippen LogP contribution < -0.4 is 21.0 Å². The summed E-state index contributed by atoms with van der Waals surface area (Å²) < 4.78 is 10.8. The molecule has 1 aliphatic heterocycles. The molecule has 1 amide bonds. The van der Waals surface area contributed by atoms with Gasteiger partial charge in [0, 0.05) is 23.6 Å². The Bertz CT molecular complexity index is 872. The minimum Gasteiger partial charge on any atom is -0.482 e. The molecule has 1 aliphatic rings. The second kappa shape index (κ2) is 8.10. The number of hydrogen-bond acceptors (Lipinski definition) is 5. The zero-order chi connectivity index (χ0) is 18.7. The minimum atomic E-state index is -0.387. The summed E-state index contributed by atoms with van der Waals surface area (Å²) >= 11 is 6.26. The Morgan fingerprint density at radius 3 is 2.92 bits per heavy atom. The molecule has 0 bridgehead atoms. The van der Waals surface area contributed by atoms with Crippen LogP contribution in [0.1, 0.15) is 24.0 Å². The topological polar surface area (TPSA) is 80.6 Å². The monoisotopic (exact) mass is 378 g/mol. The van der Waals surface area contributed by atoms with Crippen molar-refractivity contribution < 1.29 is 13.9 Å². The van der Waals surface area contributed by atoms with Crippen molar-refractivity contribution in [2.75, 3.05) is 26.2 Å². The molecule has 1 fully saturated rings. The highest BCUT2D eigenvalue weighted by molar-refractivity contribution is 6.32. The van der Waals surface area contributed by atoms with Gasteiger partial charge in [0.25, 0.3) is 5.91 Å². The van der Waals surface area contributed by atoms with Crippen LogP contribution in [0.25, 0.3) is 11.0 Å². The SMILES string of the molecule is Cc1c(C)c2cc(Cl)c(OCC(=O)NCC3CCCNC3)cc2oc1=O. The summed E-state index contributed by atoms with van der Waals surface area (Å²) in [6, 6.07) is 3.26. The van der Waals surface area contributed by atoms with Crippen molar-refractivity contribution in [1.29, 1.82) is 0 Å². The zero-order valence-electron chi connectivity index (χ0n) is 15.0. The molecular weight excluding hydrogens is 356 g/mol. The number of rotatable bonds is 5. The summed E-state index contributed by atoms with van der Waals surface area (Å²) in [6.45, 7) is 6.02. The number of halogens is 1. The molecule has 0 spiro atoms. The first-order chi connectivity index (χ1) is 12.5. The summed E-state index contributed by atoms with van der Waals surface area (Å²) in [4.78, 5) is 23.9. The van der Waals surface area contributed by atoms with Crippen molar-refractivity contribution in [2.24, 2.45) is 5.92 Å². The highest BCUT2D eigenvalue weighted by Gasteiger charge is 2.15. The maximum Gasteiger partial charge on any atom is 0.339 e. The number of piperidine rings is 1. The van der Waals surface area contributed by atoms with Crippen LogP contribution in [0.3, 0.4) is 0 Å². The predicted octanol–water partition coefficient (Wildman–Crippen LogP) is 2.56. The van der Waals surface area contributed by atoms with E-state index in [1.54, 1.807) is 19.1 Å². The molecule has 0 aliphatic carbocycles. The van der Waals surface area contributed by atoms with Crippen LogP contribution in [0.5, 0.6) is 5.75 Å². The predicted molar refractivity (Wildman–Crippen MR) is 101 cm³/mol. The Hall–Kier alpha value is -2.05. The maximum absolute atomic E-state index is 12.0. The Labute approximate surface area is 156 Å². The molecule has 1 atom stereocenters. The number of amides is 1. The van der Waals surface area contributed by atoms with Crippen molar-refractivity contribution in [3.63, 3.8) is 0 Å². The van der Waals surface area contributed by atoms with Gasteiger partial charge in [-0.25, -0.2) is 4.79 Å². The fourth-order valence-electron chi connectivity index (χ4n) is 3.11. The Kier molecular flexibility index (Phi) is 5.84. The van der Waals surface area contributed by atoms with Gasteiger partial charge in [-0.15, -0.1) is 0 Å². The van der Waals surface area contributed by atoms with Gasteiger partial charge >= 0.3 is 5.63 Å². The Morgan fingerprint density at radius 2 is 2.19 bits per heavy atom. The van der Waals surface area contributed by atoms with Gasteiger partial charge < -0.3 is 19.8 Å². The number of carbonyl (C=O) groups excluding carboxylic acids is 1. The first-order valence-electron chi connectivity index (χ1n) is 8.79. The fourth-order valence-corrected chi connectivity index (χ4v) is 3.32. The smallest absolute Gasteiger partial charge is 0.339 e. The van der Waals surface area contributed by atoms with Crippen molar-refractivity contribution in [3.8, 4) is 5.75 Å². The van der Waals surface area contributed by atoms with Crippen molar-refractivity contribution in [1.82, 2.24) is 10.6 Å². The molecule has 26 heavy (non-hydrogen) atoms. The van der Waals surface area contributed by atoms with Gasteiger partial charge in [-0.3, -0.25) is 4.79 Å². The van der Waals surface area contributed by atoms with Crippen molar-refractivity contribution in [2.45, 2.75) is 26.7 Å². The lowest BCUT2D eigenvalue weighted by Gasteiger charge is -2.22. The van der Waals surface area contributed by atoms with Gasteiger partial charge in [0.2, 0.25) is 0 Å². The number of nitrogens with one attached hydrogen (secondary N) is 2. The third-order valence-corrected chi connectivity index (χ3v) is 5.15. The van der Waals surface area contributed by atoms with E-state index in [1.165, 1.54) is 0 Å². The maximum atomic E-state index is 12.0. The highest BCUT2D eigenvalue weighted by atomic mass is 35.5. The van der Waals surface area contributed by atoms with Gasteiger partial charge in [-0.2, -0.15) is 0 Å². The molecule has 2 N–H and O–H groups in total. The van der Waals surface area contributed by atoms with Crippen LogP contribution >= 0.6 is 11.6 Å². The number of benzene rings is 1. The van der Waals surface area contributed by atoms with E-state index in [2.05, 4.69) is 10.6 Å². The van der Waals surface area contributed by atoms with E-state index >= 15 is 0 Å². The number of ether oxygens (including phenoxy) is 1. The van der Waals surface area contributed by atoms with E-state index < -0.39 is 0 Å². The average Bonchev–Trinajstić information content (AvgIpc) is 2.64. The van der Waals surface area contributed by atoms with Gasteiger partial charge in [0.15, 0.2) is 6.61 Å². The number of hydrogen-bond donors (Lipinski definition) is 2. The molecule has 1 saturated heterocycles. The minimum absolute atomic E-state index is 0.138. The molecule has 0 saturated carbocycles. The van der Waals surface area contributed by atoms with E-state index in [1.807, 2.05) is 6.92 Å². The molecule has 1 unspecified atom stereocenters. The second-order valence-electron chi connectivity index (χ2n) is 6.72. The third kappa shape index (κ3) is 4.19. The van der Waals surface area contributed by atoms with Crippen LogP contribution in [0.2, 0.25) is 5.02 Å². The van der Waals surface area contributed by atoms with Gasteiger partial charge in [-0.1, -0.05) is 11.6 Å². The van der Waals surface area contributed by atoms with E-state index in [-0.39, 0.29) is 18.1 Å². The molecule has 1 aromatic carbocycles. The Balaban J connectivity index is 1.65. The summed E-state index contributed by atoms with van der Waals surface area (Å²) in [5.74, 6) is 0.575. The summed E-state index contributed by atoms with van der Waals surface area (Å²) in [5, 5.41) is 7.33. The van der Waals surface area contributed by atoms with E-state index in [4.69, 9.17) is 20.8 Å². The van der Waals surface area contributed by atoms with Crippen LogP contribution in [0.15, 0.2) is 21.3 Å². The van der Waals surface area contributed by atoms with Crippen LogP contribution in [-0.2, 0) is 4.79 Å². The highest BCUT2D eigenvalue weighted by Crippen LogP contribution is 2.31. The molecule has 0 radical (unpaired) electrons. The largest absolute Gasteiger partial charge is 0.482 e. The molecule has 7 heteroatoms. The number of aryl methyl sites for hydroxylation is 1. The van der Waals surface area contributed by atoms with Crippen molar-refractivity contribution in [3.05, 3.63) is 38.7 Å². The average molecular weight is 379 g/mol. The van der Waals surface area contributed by atoms with Crippen LogP contribution in [-0.4, -0.2) is 32.1 Å². The summed E-state index contributed by atoms with van der Waals surface area (Å²) in [7, 11) is 0. The summed E-state index contributed by atoms with van der Waals surface area (Å²) in [6.07, 6.45) is 2.25. The summed E-state index contributed by atoms with van der Waals surface area (Å²) in [5.41, 5.74) is 1.38. The Morgan fingerprint density at radius 1 is 1.38 bits per heavy atom. The molecule has 1 aromatic heterocycles. The van der Waals surface area contributed by atoms with Crippen LogP contribution in [0, 0.1) is 19.8 Å². The molecule has 2 heterocycles. The molecule has 140 valence electrons. The van der Waals surface area contributed by atoms with Gasteiger partial charge in [0.05, 0.1) is 5.02 Å². The standard InChI is InChI=1S/C19H23ClN2O4/c1-11-12(2)19(24)26-16-7-17(15(20)6-14(11)16)25-10-18(23)22-9-13-4-3-5-21-8-13/h6-7,13,21H,3-5,8-10H2,1-2H3,(H,22,23). The third-order valence-electron chi connectivity index (χ3n) is 4.86. The van der Waals surface area contributed by atoms with E-state index in [0.717, 1.165) is 36.9 Å². The lowest BCUT2D eigenvalue weighted by Crippen LogP contribution is -2.39. The first kappa shape index (κ1) is 18.7. The molecule has 6 nitrogen and oxygen atoms in total. The number of carbonyl (C=O) groups is 1. The quantitative estimate of drug-likeness (QED) is 0.781. The van der Waals surface area contributed by atoms with Crippen molar-refractivity contribution >= 4 is 28.5 Å². The zero-order valence-corrected chi connectivity index (χ0v) is 15.7. The van der Waals surface area contributed by atoms with E-state index in [0.29, 0.717) is 34.4 Å². The first-order valence-corrected chi connectivity index (χ1v) is 9.17. The second-order valence-corrected chi connectivity index (χ2v) is 7.13. The molecule has 3 rings (SSSR count). The van der Waals surface area contributed by atoms with Gasteiger partial charge in [0.1, 0.15) is 11.3 Å². The lowest BCUT2D eigenvalue weighted by molar-refractivity contribution is -0.123. The number of fused-ring (bicyclic) bond motifs is 1. The van der Waals surface area contributed by atoms with Gasteiger partial charge in [-0.05, 0) is 57.3 Å². The molecular formula is C19H23ClN2O4. The van der Waals surface area contributed by atoms with E-state index in [9.17, 15) is 9.59 Å².